The maximum Gasteiger partial charge on any atom is 0.308 e. The number of piperidine rings is 1. The largest absolute Gasteiger partial charge is 0.469 e. The summed E-state index contributed by atoms with van der Waals surface area (Å²) in [6.45, 7) is 4.55. The summed E-state index contributed by atoms with van der Waals surface area (Å²) in [6, 6.07) is 0. The zero-order valence-electron chi connectivity index (χ0n) is 12.3. The fourth-order valence-electron chi connectivity index (χ4n) is 2.48. The van der Waals surface area contributed by atoms with Crippen LogP contribution in [0.15, 0.2) is 4.52 Å². The summed E-state index contributed by atoms with van der Waals surface area (Å²) < 4.78 is 10.1. The number of rotatable bonds is 6. The molecule has 0 spiro atoms. The zero-order chi connectivity index (χ0) is 14.4. The SMILES string of the molecule is CCCCc1noc(CN2CCC(C(=O)OC)CC2)n1. The Hall–Kier alpha value is -1.43. The highest BCUT2D eigenvalue weighted by Gasteiger charge is 2.26. The van der Waals surface area contributed by atoms with Gasteiger partial charge in [0.05, 0.1) is 19.6 Å². The zero-order valence-corrected chi connectivity index (χ0v) is 12.3. The van der Waals surface area contributed by atoms with Crippen molar-refractivity contribution in [2.45, 2.75) is 45.6 Å². The lowest BCUT2D eigenvalue weighted by molar-refractivity contribution is -0.147. The highest BCUT2D eigenvalue weighted by molar-refractivity contribution is 5.72. The summed E-state index contributed by atoms with van der Waals surface area (Å²) in [4.78, 5) is 18.1. The second kappa shape index (κ2) is 7.38. The molecule has 1 aromatic heterocycles. The van der Waals surface area contributed by atoms with Crippen LogP contribution in [0.2, 0.25) is 0 Å². The van der Waals surface area contributed by atoms with Crippen molar-refractivity contribution in [3.05, 3.63) is 11.7 Å². The molecule has 2 heterocycles. The first-order chi connectivity index (χ1) is 9.72. The molecule has 0 aromatic carbocycles. The van der Waals surface area contributed by atoms with Gasteiger partial charge in [0.15, 0.2) is 5.82 Å². The standard InChI is InChI=1S/C14H23N3O3/c1-3-4-5-12-15-13(20-16-12)10-17-8-6-11(7-9-17)14(18)19-2/h11H,3-10H2,1-2H3. The molecule has 112 valence electrons. The van der Waals surface area contributed by atoms with Crippen molar-refractivity contribution < 1.29 is 14.1 Å². The van der Waals surface area contributed by atoms with E-state index in [9.17, 15) is 4.79 Å². The Morgan fingerprint density at radius 3 is 2.85 bits per heavy atom. The van der Waals surface area contributed by atoms with Crippen LogP contribution in [0.4, 0.5) is 0 Å². The number of unbranched alkanes of at least 4 members (excludes halogenated alkanes) is 1. The van der Waals surface area contributed by atoms with Crippen molar-refractivity contribution in [3.8, 4) is 0 Å². The lowest BCUT2D eigenvalue weighted by atomic mass is 9.97. The Morgan fingerprint density at radius 2 is 2.20 bits per heavy atom. The molecule has 0 bridgehead atoms. The van der Waals surface area contributed by atoms with Gasteiger partial charge in [-0.25, -0.2) is 0 Å². The van der Waals surface area contributed by atoms with Crippen molar-refractivity contribution in [3.63, 3.8) is 0 Å². The van der Waals surface area contributed by atoms with E-state index in [1.165, 1.54) is 7.11 Å². The van der Waals surface area contributed by atoms with Gasteiger partial charge in [0, 0.05) is 6.42 Å². The predicted octanol–water partition coefficient (Wildman–Crippen LogP) is 1.80. The average molecular weight is 281 g/mol. The Bertz CT molecular complexity index is 425. The van der Waals surface area contributed by atoms with Crippen molar-refractivity contribution in [1.29, 1.82) is 0 Å². The van der Waals surface area contributed by atoms with Gasteiger partial charge in [-0.1, -0.05) is 18.5 Å². The molecule has 0 radical (unpaired) electrons. The number of carbonyl (C=O) groups is 1. The van der Waals surface area contributed by atoms with Gasteiger partial charge in [0.1, 0.15) is 0 Å². The molecule has 1 fully saturated rings. The van der Waals surface area contributed by atoms with Gasteiger partial charge in [0.25, 0.3) is 0 Å². The quantitative estimate of drug-likeness (QED) is 0.741. The van der Waals surface area contributed by atoms with Gasteiger partial charge in [-0.15, -0.1) is 0 Å². The second-order valence-corrected chi connectivity index (χ2v) is 5.28. The number of aryl methyl sites for hydroxylation is 1. The Balaban J connectivity index is 1.77. The molecule has 0 N–H and O–H groups in total. The van der Waals surface area contributed by atoms with Gasteiger partial charge in [0.2, 0.25) is 5.89 Å². The first-order valence-electron chi connectivity index (χ1n) is 7.34. The van der Waals surface area contributed by atoms with E-state index >= 15 is 0 Å². The average Bonchev–Trinajstić information content (AvgIpc) is 2.92. The number of ether oxygens (including phenoxy) is 1. The van der Waals surface area contributed by atoms with Crippen molar-refractivity contribution in [2.75, 3.05) is 20.2 Å². The third kappa shape index (κ3) is 4.03. The highest BCUT2D eigenvalue weighted by atomic mass is 16.5. The monoisotopic (exact) mass is 281 g/mol. The maximum atomic E-state index is 11.5. The molecule has 2 rings (SSSR count). The fourth-order valence-corrected chi connectivity index (χ4v) is 2.48. The molecule has 0 atom stereocenters. The van der Waals surface area contributed by atoms with Crippen LogP contribution < -0.4 is 0 Å². The maximum absolute atomic E-state index is 11.5. The summed E-state index contributed by atoms with van der Waals surface area (Å²) in [7, 11) is 1.45. The predicted molar refractivity (Wildman–Crippen MR) is 72.9 cm³/mol. The van der Waals surface area contributed by atoms with Crippen LogP contribution in [0.1, 0.15) is 44.3 Å². The van der Waals surface area contributed by atoms with E-state index in [4.69, 9.17) is 9.26 Å². The van der Waals surface area contributed by atoms with Gasteiger partial charge in [-0.05, 0) is 32.4 Å². The van der Waals surface area contributed by atoms with Crippen LogP contribution in [0.5, 0.6) is 0 Å². The fraction of sp³-hybridized carbons (Fsp3) is 0.786. The van der Waals surface area contributed by atoms with E-state index in [0.717, 1.165) is 51.0 Å². The van der Waals surface area contributed by atoms with Crippen LogP contribution in [0.25, 0.3) is 0 Å². The van der Waals surface area contributed by atoms with Crippen LogP contribution in [-0.2, 0) is 22.5 Å². The molecule has 0 saturated carbocycles. The van der Waals surface area contributed by atoms with E-state index in [1.54, 1.807) is 0 Å². The summed E-state index contributed by atoms with van der Waals surface area (Å²) in [6.07, 6.45) is 4.77. The number of methoxy groups -OCH3 is 1. The van der Waals surface area contributed by atoms with Crippen LogP contribution >= 0.6 is 0 Å². The van der Waals surface area contributed by atoms with Gasteiger partial charge < -0.3 is 9.26 Å². The van der Waals surface area contributed by atoms with Crippen LogP contribution in [0.3, 0.4) is 0 Å². The number of esters is 1. The van der Waals surface area contributed by atoms with E-state index in [2.05, 4.69) is 22.0 Å². The third-order valence-corrected chi connectivity index (χ3v) is 3.75. The number of nitrogens with zero attached hydrogens (tertiary/aromatic N) is 3. The molecular formula is C14H23N3O3. The minimum Gasteiger partial charge on any atom is -0.469 e. The Kier molecular flexibility index (Phi) is 5.52. The number of likely N-dealkylation sites (tertiary alicyclic amines) is 1. The molecule has 6 nitrogen and oxygen atoms in total. The minimum absolute atomic E-state index is 0.0408. The van der Waals surface area contributed by atoms with Crippen LogP contribution in [0, 0.1) is 5.92 Å². The summed E-state index contributed by atoms with van der Waals surface area (Å²) in [5.41, 5.74) is 0. The van der Waals surface area contributed by atoms with Gasteiger partial charge >= 0.3 is 5.97 Å². The van der Waals surface area contributed by atoms with E-state index in [-0.39, 0.29) is 11.9 Å². The lowest BCUT2D eigenvalue weighted by Crippen LogP contribution is -2.36. The van der Waals surface area contributed by atoms with Crippen molar-refractivity contribution in [1.82, 2.24) is 15.0 Å². The Morgan fingerprint density at radius 1 is 1.45 bits per heavy atom. The minimum atomic E-state index is -0.0932. The van der Waals surface area contributed by atoms with Gasteiger partial charge in [-0.2, -0.15) is 4.98 Å². The molecule has 1 saturated heterocycles. The molecular weight excluding hydrogens is 258 g/mol. The van der Waals surface area contributed by atoms with E-state index in [1.807, 2.05) is 0 Å². The molecule has 6 heteroatoms. The number of hydrogen-bond acceptors (Lipinski definition) is 6. The summed E-state index contributed by atoms with van der Waals surface area (Å²) in [5, 5.41) is 3.99. The molecule has 0 amide bonds. The second-order valence-electron chi connectivity index (χ2n) is 5.28. The summed E-state index contributed by atoms with van der Waals surface area (Å²) >= 11 is 0. The first-order valence-corrected chi connectivity index (χ1v) is 7.34. The normalized spacial score (nSPS) is 17.3. The van der Waals surface area contributed by atoms with E-state index in [0.29, 0.717) is 12.4 Å². The van der Waals surface area contributed by atoms with Crippen molar-refractivity contribution in [2.24, 2.45) is 5.92 Å². The lowest BCUT2D eigenvalue weighted by Gasteiger charge is -2.29. The summed E-state index contributed by atoms with van der Waals surface area (Å²) in [5.74, 6) is 1.42. The molecule has 20 heavy (non-hydrogen) atoms. The molecule has 0 aliphatic carbocycles. The topological polar surface area (TPSA) is 68.5 Å². The van der Waals surface area contributed by atoms with E-state index < -0.39 is 0 Å². The van der Waals surface area contributed by atoms with Crippen LogP contribution in [-0.4, -0.2) is 41.2 Å². The van der Waals surface area contributed by atoms with Gasteiger partial charge in [-0.3, -0.25) is 9.69 Å². The first kappa shape index (κ1) is 15.0. The molecule has 1 aliphatic heterocycles. The highest BCUT2D eigenvalue weighted by Crippen LogP contribution is 2.19. The number of hydrogen-bond donors (Lipinski definition) is 0. The number of carbonyl (C=O) groups excluding carboxylic acids is 1. The molecule has 0 unspecified atom stereocenters. The molecule has 1 aromatic rings. The number of aromatic nitrogens is 2. The smallest absolute Gasteiger partial charge is 0.308 e. The third-order valence-electron chi connectivity index (χ3n) is 3.75. The Labute approximate surface area is 119 Å². The molecule has 1 aliphatic rings. The van der Waals surface area contributed by atoms with Crippen molar-refractivity contribution >= 4 is 5.97 Å².